The standard InChI is InChI=1S/C51H80O9S3/c52-49(31-19-13-7-1-4-10-16-22-37-61-42-45-28-25-34-55-45)58-40-48(60-51(54)33-21-15-9-3-6-12-18-24-39-63-44-47-30-27-36-57-47)41-59-50(53)32-20-14-8-2-5-11-17-23-38-62-43-46-29-26-35-56-46/h25-30,34-36,48H,1-24,31-33,37-44H2. The van der Waals surface area contributed by atoms with Crippen LogP contribution in [-0.4, -0.2) is 54.5 Å². The minimum atomic E-state index is -0.797. The van der Waals surface area contributed by atoms with Gasteiger partial charge in [-0.1, -0.05) is 116 Å². The van der Waals surface area contributed by atoms with Gasteiger partial charge in [0.15, 0.2) is 6.10 Å². The molecule has 0 saturated heterocycles. The van der Waals surface area contributed by atoms with Crippen molar-refractivity contribution in [2.24, 2.45) is 0 Å². The number of furan rings is 3. The van der Waals surface area contributed by atoms with Gasteiger partial charge in [-0.25, -0.2) is 0 Å². The van der Waals surface area contributed by atoms with Crippen LogP contribution in [0.25, 0.3) is 0 Å². The second-order valence-corrected chi connectivity index (χ2v) is 19.9. The maximum Gasteiger partial charge on any atom is 0.306 e. The van der Waals surface area contributed by atoms with Crippen molar-refractivity contribution in [1.29, 1.82) is 0 Å². The van der Waals surface area contributed by atoms with Crippen molar-refractivity contribution >= 4 is 53.2 Å². The molecule has 3 aromatic rings. The fourth-order valence-corrected chi connectivity index (χ4v) is 9.94. The van der Waals surface area contributed by atoms with Crippen molar-refractivity contribution in [2.75, 3.05) is 30.5 Å². The van der Waals surface area contributed by atoms with Crippen molar-refractivity contribution in [3.8, 4) is 0 Å². The summed E-state index contributed by atoms with van der Waals surface area (Å²) in [7, 11) is 0. The summed E-state index contributed by atoms with van der Waals surface area (Å²) in [4.78, 5) is 38.0. The number of ether oxygens (including phenoxy) is 3. The van der Waals surface area contributed by atoms with Crippen LogP contribution in [0.1, 0.15) is 191 Å². The highest BCUT2D eigenvalue weighted by Crippen LogP contribution is 2.19. The third-order valence-corrected chi connectivity index (χ3v) is 14.1. The zero-order chi connectivity index (χ0) is 44.5. The molecule has 12 heteroatoms. The van der Waals surface area contributed by atoms with Crippen molar-refractivity contribution in [3.63, 3.8) is 0 Å². The van der Waals surface area contributed by atoms with E-state index in [-0.39, 0.29) is 31.1 Å². The molecule has 0 aliphatic heterocycles. The van der Waals surface area contributed by atoms with Gasteiger partial charge in [-0.05, 0) is 92.2 Å². The number of esters is 3. The Bertz CT molecular complexity index is 1390. The molecule has 3 heterocycles. The van der Waals surface area contributed by atoms with E-state index >= 15 is 0 Å². The summed E-state index contributed by atoms with van der Waals surface area (Å²) in [6.45, 7) is -0.191. The highest BCUT2D eigenvalue weighted by Gasteiger charge is 2.19. The van der Waals surface area contributed by atoms with Gasteiger partial charge >= 0.3 is 17.9 Å². The van der Waals surface area contributed by atoms with Crippen LogP contribution in [0.15, 0.2) is 68.4 Å². The fourth-order valence-electron chi connectivity index (χ4n) is 7.18. The Balaban J connectivity index is 1.20. The SMILES string of the molecule is O=C(CCCCCCCCCCSCc1ccco1)OCC(COC(=O)CCCCCCCCCCSCc1ccco1)OC(=O)CCCCCCCCCCSCc1ccco1. The lowest BCUT2D eigenvalue weighted by molar-refractivity contribution is -0.167. The second kappa shape index (κ2) is 39.6. The molecule has 0 spiro atoms. The Morgan fingerprint density at radius 3 is 0.984 bits per heavy atom. The number of unbranched alkanes of at least 4 members (excludes halogenated alkanes) is 21. The van der Waals surface area contributed by atoms with Gasteiger partial charge < -0.3 is 27.5 Å². The van der Waals surface area contributed by atoms with Crippen LogP contribution in [-0.2, 0) is 45.9 Å². The molecule has 0 radical (unpaired) electrons. The zero-order valence-corrected chi connectivity index (χ0v) is 40.9. The smallest absolute Gasteiger partial charge is 0.306 e. The number of rotatable bonds is 44. The van der Waals surface area contributed by atoms with Crippen LogP contribution in [0.4, 0.5) is 0 Å². The summed E-state index contributed by atoms with van der Waals surface area (Å²) in [5.41, 5.74) is 0. The first-order chi connectivity index (χ1) is 31.1. The first-order valence-corrected chi connectivity index (χ1v) is 27.9. The fraction of sp³-hybridized carbons (Fsp3) is 0.706. The lowest BCUT2D eigenvalue weighted by Crippen LogP contribution is -2.30. The van der Waals surface area contributed by atoms with Gasteiger partial charge in [0.05, 0.1) is 36.0 Å². The second-order valence-electron chi connectivity index (χ2n) is 16.6. The van der Waals surface area contributed by atoms with Gasteiger partial charge in [-0.15, -0.1) is 0 Å². The van der Waals surface area contributed by atoms with Gasteiger partial charge in [0.2, 0.25) is 0 Å². The topological polar surface area (TPSA) is 118 Å². The van der Waals surface area contributed by atoms with E-state index in [1.165, 1.54) is 96.3 Å². The van der Waals surface area contributed by atoms with E-state index in [0.29, 0.717) is 19.3 Å². The van der Waals surface area contributed by atoms with Crippen molar-refractivity contribution in [3.05, 3.63) is 72.5 Å². The molecule has 356 valence electrons. The summed E-state index contributed by atoms with van der Waals surface area (Å²) in [6.07, 6.45) is 32.3. The van der Waals surface area contributed by atoms with E-state index in [2.05, 4.69) is 0 Å². The number of thioether (sulfide) groups is 3. The van der Waals surface area contributed by atoms with Gasteiger partial charge in [-0.2, -0.15) is 35.3 Å². The first-order valence-electron chi connectivity index (χ1n) is 24.4. The molecular formula is C51H80O9S3. The summed E-state index contributed by atoms with van der Waals surface area (Å²) < 4.78 is 33.0. The molecule has 0 unspecified atom stereocenters. The minimum absolute atomic E-state index is 0.0956. The highest BCUT2D eigenvalue weighted by molar-refractivity contribution is 7.98. The summed E-state index contributed by atoms with van der Waals surface area (Å²) >= 11 is 5.78. The van der Waals surface area contributed by atoms with Crippen molar-refractivity contribution < 1.29 is 41.8 Å². The van der Waals surface area contributed by atoms with E-state index in [4.69, 9.17) is 27.5 Å². The molecule has 0 N–H and O–H groups in total. The predicted octanol–water partition coefficient (Wildman–Crippen LogP) is 15.1. The maximum absolute atomic E-state index is 12.8. The molecule has 0 bridgehead atoms. The summed E-state index contributed by atoms with van der Waals surface area (Å²) in [5, 5.41) is 0. The van der Waals surface area contributed by atoms with Crippen LogP contribution < -0.4 is 0 Å². The van der Waals surface area contributed by atoms with E-state index in [1.54, 1.807) is 18.8 Å². The van der Waals surface area contributed by atoms with E-state index in [1.807, 2.05) is 71.7 Å². The zero-order valence-electron chi connectivity index (χ0n) is 38.4. The van der Waals surface area contributed by atoms with Crippen LogP contribution in [0, 0.1) is 0 Å². The Morgan fingerprint density at radius 2 is 0.683 bits per heavy atom. The molecule has 0 aliphatic carbocycles. The Kier molecular flexibility index (Phi) is 34.4. The first kappa shape index (κ1) is 54.6. The van der Waals surface area contributed by atoms with Crippen molar-refractivity contribution in [2.45, 2.75) is 197 Å². The molecule has 3 rings (SSSR count). The van der Waals surface area contributed by atoms with Crippen molar-refractivity contribution in [1.82, 2.24) is 0 Å². The predicted molar refractivity (Wildman–Crippen MR) is 261 cm³/mol. The summed E-state index contributed by atoms with van der Waals surface area (Å²) in [6, 6.07) is 11.9. The molecular weight excluding hydrogens is 853 g/mol. The number of carbonyl (C=O) groups is 3. The van der Waals surface area contributed by atoms with Crippen LogP contribution in [0.2, 0.25) is 0 Å². The lowest BCUT2D eigenvalue weighted by Gasteiger charge is -2.18. The molecule has 0 fully saturated rings. The van der Waals surface area contributed by atoms with Gasteiger partial charge in [0.25, 0.3) is 0 Å². The molecule has 3 aromatic heterocycles. The van der Waals surface area contributed by atoms with Crippen LogP contribution in [0.5, 0.6) is 0 Å². The van der Waals surface area contributed by atoms with E-state index in [9.17, 15) is 14.4 Å². The molecule has 0 atom stereocenters. The van der Waals surface area contributed by atoms with E-state index in [0.717, 1.165) is 110 Å². The number of hydrogen-bond donors (Lipinski definition) is 0. The van der Waals surface area contributed by atoms with Crippen LogP contribution >= 0.6 is 35.3 Å². The number of carbonyl (C=O) groups excluding carboxylic acids is 3. The average Bonchev–Trinajstić information content (AvgIpc) is 4.12. The Morgan fingerprint density at radius 1 is 0.397 bits per heavy atom. The highest BCUT2D eigenvalue weighted by atomic mass is 32.2. The quantitative estimate of drug-likeness (QED) is 0.0305. The number of hydrogen-bond acceptors (Lipinski definition) is 12. The van der Waals surface area contributed by atoms with Gasteiger partial charge in [0, 0.05) is 19.3 Å². The van der Waals surface area contributed by atoms with E-state index < -0.39 is 6.10 Å². The Labute approximate surface area is 392 Å². The minimum Gasteiger partial charge on any atom is -0.468 e. The lowest BCUT2D eigenvalue weighted by atomic mass is 10.1. The molecule has 0 saturated carbocycles. The third-order valence-electron chi connectivity index (χ3n) is 10.9. The molecule has 0 aromatic carbocycles. The monoisotopic (exact) mass is 932 g/mol. The van der Waals surface area contributed by atoms with Gasteiger partial charge in [0.1, 0.15) is 30.5 Å². The van der Waals surface area contributed by atoms with Gasteiger partial charge in [-0.3, -0.25) is 14.4 Å². The average molecular weight is 933 g/mol. The largest absolute Gasteiger partial charge is 0.468 e. The normalized spacial score (nSPS) is 11.4. The maximum atomic E-state index is 12.8. The molecule has 9 nitrogen and oxygen atoms in total. The van der Waals surface area contributed by atoms with Crippen LogP contribution in [0.3, 0.4) is 0 Å². The molecule has 0 amide bonds. The molecule has 0 aliphatic rings. The molecule has 63 heavy (non-hydrogen) atoms. The Hall–Kier alpha value is -2.70. The summed E-state index contributed by atoms with van der Waals surface area (Å²) in [5.74, 6) is 8.52. The third kappa shape index (κ3) is 32.6.